The lowest BCUT2D eigenvalue weighted by Crippen LogP contribution is -1.99. The minimum absolute atomic E-state index is 0.467. The molecule has 0 atom stereocenters. The van der Waals surface area contributed by atoms with Crippen molar-refractivity contribution in [2.24, 2.45) is 5.73 Å². The molecule has 2 nitrogen and oxygen atoms in total. The largest absolute Gasteiger partial charge is 0.489 e. The van der Waals surface area contributed by atoms with E-state index >= 15 is 0 Å². The molecular weight excluding hydrogens is 265 g/mol. The number of benzene rings is 1. The maximum absolute atomic E-state index is 5.55. The van der Waals surface area contributed by atoms with Crippen LogP contribution in [-0.2, 0) is 6.54 Å². The second kappa shape index (κ2) is 6.06. The van der Waals surface area contributed by atoms with Gasteiger partial charge in [0.15, 0.2) is 0 Å². The van der Waals surface area contributed by atoms with Crippen molar-refractivity contribution in [3.05, 3.63) is 39.8 Å². The number of halogens is 2. The van der Waals surface area contributed by atoms with Gasteiger partial charge in [-0.05, 0) is 29.8 Å². The summed E-state index contributed by atoms with van der Waals surface area (Å²) in [5.74, 6) is 0.795. The molecule has 0 aliphatic carbocycles. The second-order valence-electron chi connectivity index (χ2n) is 2.63. The molecule has 0 heterocycles. The Balaban J connectivity index is 2.69. The summed E-state index contributed by atoms with van der Waals surface area (Å²) in [6, 6.07) is 5.71. The Labute approximate surface area is 96.8 Å². The lowest BCUT2D eigenvalue weighted by Gasteiger charge is -2.06. The molecule has 0 aliphatic rings. The molecule has 0 fully saturated rings. The molecule has 0 saturated carbocycles. The molecule has 0 unspecified atom stereocenters. The SMILES string of the molecule is NCc1cc(OC/C=C/Cl)ccc1Br. The van der Waals surface area contributed by atoms with Gasteiger partial charge in [-0.1, -0.05) is 27.5 Å². The third-order valence-corrected chi connectivity index (χ3v) is 2.62. The number of ether oxygens (including phenoxy) is 1. The van der Waals surface area contributed by atoms with Crippen molar-refractivity contribution in [3.8, 4) is 5.75 Å². The first-order chi connectivity index (χ1) is 6.77. The van der Waals surface area contributed by atoms with Crippen molar-refractivity contribution < 1.29 is 4.74 Å². The summed E-state index contributed by atoms with van der Waals surface area (Å²) in [5.41, 5.74) is 8.01. The van der Waals surface area contributed by atoms with E-state index in [1.807, 2.05) is 18.2 Å². The highest BCUT2D eigenvalue weighted by molar-refractivity contribution is 9.10. The maximum atomic E-state index is 5.55. The first kappa shape index (κ1) is 11.6. The normalized spacial score (nSPS) is 10.8. The standard InChI is InChI=1S/C10H11BrClNO/c11-10-3-2-9(6-8(10)7-13)14-5-1-4-12/h1-4,6H,5,7,13H2/b4-1+. The average molecular weight is 277 g/mol. The molecule has 1 rings (SSSR count). The van der Waals surface area contributed by atoms with Crippen LogP contribution in [0.2, 0.25) is 0 Å². The Morgan fingerprint density at radius 1 is 1.50 bits per heavy atom. The minimum atomic E-state index is 0.467. The van der Waals surface area contributed by atoms with E-state index in [9.17, 15) is 0 Å². The van der Waals surface area contributed by atoms with Gasteiger partial charge in [0, 0.05) is 16.6 Å². The molecule has 0 bridgehead atoms. The van der Waals surface area contributed by atoms with E-state index in [4.69, 9.17) is 22.1 Å². The maximum Gasteiger partial charge on any atom is 0.120 e. The van der Waals surface area contributed by atoms with Crippen LogP contribution in [0.1, 0.15) is 5.56 Å². The third-order valence-electron chi connectivity index (χ3n) is 1.67. The molecule has 0 aromatic heterocycles. The fraction of sp³-hybridized carbons (Fsp3) is 0.200. The molecule has 1 aromatic carbocycles. The minimum Gasteiger partial charge on any atom is -0.489 e. The van der Waals surface area contributed by atoms with E-state index in [1.165, 1.54) is 5.54 Å². The van der Waals surface area contributed by atoms with Crippen LogP contribution in [0, 0.1) is 0 Å². The molecule has 1 aromatic rings. The Hall–Kier alpha value is -0.510. The quantitative estimate of drug-likeness (QED) is 0.917. The molecule has 0 amide bonds. The first-order valence-electron chi connectivity index (χ1n) is 4.14. The lowest BCUT2D eigenvalue weighted by molar-refractivity contribution is 0.362. The molecule has 0 aliphatic heterocycles. The van der Waals surface area contributed by atoms with Crippen LogP contribution in [0.15, 0.2) is 34.3 Å². The van der Waals surface area contributed by atoms with Gasteiger partial charge in [0.2, 0.25) is 0 Å². The highest BCUT2D eigenvalue weighted by Crippen LogP contribution is 2.22. The number of nitrogens with two attached hydrogens (primary N) is 1. The molecule has 76 valence electrons. The molecule has 4 heteroatoms. The summed E-state index contributed by atoms with van der Waals surface area (Å²) in [4.78, 5) is 0. The summed E-state index contributed by atoms with van der Waals surface area (Å²) in [6.07, 6.45) is 1.73. The van der Waals surface area contributed by atoms with E-state index in [0.29, 0.717) is 13.2 Å². The van der Waals surface area contributed by atoms with E-state index in [-0.39, 0.29) is 0 Å². The van der Waals surface area contributed by atoms with Gasteiger partial charge in [-0.25, -0.2) is 0 Å². The molecule has 14 heavy (non-hydrogen) atoms. The zero-order valence-electron chi connectivity index (χ0n) is 7.54. The molecule has 0 saturated heterocycles. The summed E-state index contributed by atoms with van der Waals surface area (Å²) < 4.78 is 6.40. The molecule has 0 radical (unpaired) electrons. The topological polar surface area (TPSA) is 35.2 Å². The van der Waals surface area contributed by atoms with Crippen molar-refractivity contribution in [3.63, 3.8) is 0 Å². The Morgan fingerprint density at radius 2 is 2.29 bits per heavy atom. The third kappa shape index (κ3) is 3.33. The van der Waals surface area contributed by atoms with Crippen molar-refractivity contribution in [2.75, 3.05) is 6.61 Å². The lowest BCUT2D eigenvalue weighted by atomic mass is 10.2. The van der Waals surface area contributed by atoms with Crippen LogP contribution in [0.5, 0.6) is 5.75 Å². The molecular formula is C10H11BrClNO. The van der Waals surface area contributed by atoms with Gasteiger partial charge in [0.05, 0.1) is 0 Å². The van der Waals surface area contributed by atoms with Crippen LogP contribution in [0.25, 0.3) is 0 Å². The van der Waals surface area contributed by atoms with Crippen molar-refractivity contribution in [1.82, 2.24) is 0 Å². The fourth-order valence-electron chi connectivity index (χ4n) is 0.978. The van der Waals surface area contributed by atoms with E-state index in [1.54, 1.807) is 6.08 Å². The molecule has 0 spiro atoms. The van der Waals surface area contributed by atoms with Crippen molar-refractivity contribution in [1.29, 1.82) is 0 Å². The van der Waals surface area contributed by atoms with Crippen LogP contribution < -0.4 is 10.5 Å². The number of hydrogen-bond acceptors (Lipinski definition) is 2. The Morgan fingerprint density at radius 3 is 2.93 bits per heavy atom. The highest BCUT2D eigenvalue weighted by atomic mass is 79.9. The summed E-state index contributed by atoms with van der Waals surface area (Å²) in [7, 11) is 0. The zero-order chi connectivity index (χ0) is 10.4. The fourth-order valence-corrected chi connectivity index (χ4v) is 1.46. The van der Waals surface area contributed by atoms with E-state index in [2.05, 4.69) is 15.9 Å². The van der Waals surface area contributed by atoms with Gasteiger partial charge in [-0.15, -0.1) is 0 Å². The van der Waals surface area contributed by atoms with E-state index in [0.717, 1.165) is 15.8 Å². The second-order valence-corrected chi connectivity index (χ2v) is 3.74. The summed E-state index contributed by atoms with van der Waals surface area (Å²) >= 11 is 8.77. The average Bonchev–Trinajstić information content (AvgIpc) is 2.21. The van der Waals surface area contributed by atoms with Crippen LogP contribution in [-0.4, -0.2) is 6.61 Å². The predicted octanol–water partition coefficient (Wildman–Crippen LogP) is 3.04. The monoisotopic (exact) mass is 275 g/mol. The van der Waals surface area contributed by atoms with Gasteiger partial charge in [0.1, 0.15) is 12.4 Å². The van der Waals surface area contributed by atoms with Gasteiger partial charge >= 0.3 is 0 Å². The number of rotatable bonds is 4. The van der Waals surface area contributed by atoms with Gasteiger partial charge in [-0.3, -0.25) is 0 Å². The smallest absolute Gasteiger partial charge is 0.120 e. The van der Waals surface area contributed by atoms with Gasteiger partial charge < -0.3 is 10.5 Å². The first-order valence-corrected chi connectivity index (χ1v) is 5.37. The molecule has 2 N–H and O–H groups in total. The zero-order valence-corrected chi connectivity index (χ0v) is 9.88. The van der Waals surface area contributed by atoms with Gasteiger partial charge in [-0.2, -0.15) is 0 Å². The van der Waals surface area contributed by atoms with Crippen molar-refractivity contribution in [2.45, 2.75) is 6.54 Å². The number of hydrogen-bond donors (Lipinski definition) is 1. The van der Waals surface area contributed by atoms with Crippen molar-refractivity contribution >= 4 is 27.5 Å². The van der Waals surface area contributed by atoms with Crippen LogP contribution >= 0.6 is 27.5 Å². The van der Waals surface area contributed by atoms with E-state index < -0.39 is 0 Å². The Kier molecular flexibility index (Phi) is 5.01. The van der Waals surface area contributed by atoms with Crippen LogP contribution in [0.4, 0.5) is 0 Å². The Bertz CT molecular complexity index is 328. The summed E-state index contributed by atoms with van der Waals surface area (Å²) in [6.45, 7) is 0.957. The highest BCUT2D eigenvalue weighted by Gasteiger charge is 1.99. The predicted molar refractivity (Wildman–Crippen MR) is 62.5 cm³/mol. The van der Waals surface area contributed by atoms with Crippen LogP contribution in [0.3, 0.4) is 0 Å². The van der Waals surface area contributed by atoms with Gasteiger partial charge in [0.25, 0.3) is 0 Å². The summed E-state index contributed by atoms with van der Waals surface area (Å²) in [5, 5.41) is 0.